The zero-order chi connectivity index (χ0) is 11.3. The minimum absolute atomic E-state index is 0.413. The highest BCUT2D eigenvalue weighted by molar-refractivity contribution is 5.38. The van der Waals surface area contributed by atoms with E-state index in [-0.39, 0.29) is 0 Å². The number of rotatable bonds is 1. The highest BCUT2D eigenvalue weighted by Gasteiger charge is 2.18. The van der Waals surface area contributed by atoms with Crippen LogP contribution in [0.1, 0.15) is 57.1 Å². The number of benzene rings is 1. The Labute approximate surface area is 93.1 Å². The third-order valence-electron chi connectivity index (χ3n) is 3.06. The van der Waals surface area contributed by atoms with Crippen LogP contribution in [0.25, 0.3) is 0 Å². The van der Waals surface area contributed by atoms with Gasteiger partial charge in [-0.1, -0.05) is 26.8 Å². The molecule has 1 aromatic carbocycles. The average molecular weight is 206 g/mol. The van der Waals surface area contributed by atoms with Crippen LogP contribution >= 0.6 is 0 Å². The molecule has 0 aliphatic heterocycles. The second-order valence-corrected chi connectivity index (χ2v) is 3.88. The van der Waals surface area contributed by atoms with Crippen LogP contribution in [0, 0.1) is 0 Å². The van der Waals surface area contributed by atoms with Crippen molar-refractivity contribution in [2.45, 2.75) is 52.4 Å². The van der Waals surface area contributed by atoms with Gasteiger partial charge in [-0.15, -0.1) is 0 Å². The molecule has 1 heteroatoms. The molecule has 1 atom stereocenters. The summed E-state index contributed by atoms with van der Waals surface area (Å²) >= 11 is 0. The van der Waals surface area contributed by atoms with Gasteiger partial charge in [-0.3, -0.25) is 0 Å². The van der Waals surface area contributed by atoms with E-state index in [4.69, 9.17) is 0 Å². The molecule has 1 aliphatic carbocycles. The zero-order valence-electron chi connectivity index (χ0n) is 10.1. The number of hydrogen-bond donors (Lipinski definition) is 1. The average Bonchev–Trinajstić information content (AvgIpc) is 2.30. The molecular formula is C14H22O. The highest BCUT2D eigenvalue weighted by Crippen LogP contribution is 2.35. The van der Waals surface area contributed by atoms with E-state index in [1.165, 1.54) is 30.4 Å². The first-order valence-corrected chi connectivity index (χ1v) is 6.13. The molecule has 0 amide bonds. The number of fused-ring (bicyclic) bond motifs is 1. The molecule has 1 N–H and O–H groups in total. The van der Waals surface area contributed by atoms with Crippen molar-refractivity contribution in [3.8, 4) is 5.75 Å². The highest BCUT2D eigenvalue weighted by atomic mass is 16.3. The largest absolute Gasteiger partial charge is 0.508 e. The minimum atomic E-state index is 0.413. The van der Waals surface area contributed by atoms with Crippen LogP contribution in [-0.4, -0.2) is 5.11 Å². The predicted molar refractivity (Wildman–Crippen MR) is 65.4 cm³/mol. The Hall–Kier alpha value is -0.980. The van der Waals surface area contributed by atoms with Crippen molar-refractivity contribution in [1.82, 2.24) is 0 Å². The van der Waals surface area contributed by atoms with E-state index >= 15 is 0 Å². The molecule has 0 spiro atoms. The van der Waals surface area contributed by atoms with E-state index in [1.54, 1.807) is 0 Å². The summed E-state index contributed by atoms with van der Waals surface area (Å²) in [5.41, 5.74) is 2.82. The van der Waals surface area contributed by atoms with Crippen molar-refractivity contribution in [2.24, 2.45) is 0 Å². The van der Waals surface area contributed by atoms with E-state index in [2.05, 4.69) is 13.0 Å². The Morgan fingerprint density at radius 2 is 2.07 bits per heavy atom. The first-order valence-electron chi connectivity index (χ1n) is 6.13. The van der Waals surface area contributed by atoms with Crippen molar-refractivity contribution in [2.75, 3.05) is 0 Å². The lowest BCUT2D eigenvalue weighted by Gasteiger charge is -2.24. The van der Waals surface area contributed by atoms with Crippen molar-refractivity contribution < 1.29 is 5.11 Å². The van der Waals surface area contributed by atoms with Gasteiger partial charge in [0, 0.05) is 0 Å². The first-order chi connectivity index (χ1) is 7.31. The van der Waals surface area contributed by atoms with Gasteiger partial charge >= 0.3 is 0 Å². The molecule has 15 heavy (non-hydrogen) atoms. The van der Waals surface area contributed by atoms with Gasteiger partial charge in [0.05, 0.1) is 0 Å². The van der Waals surface area contributed by atoms with Crippen molar-refractivity contribution >= 4 is 0 Å². The van der Waals surface area contributed by atoms with Crippen LogP contribution in [0.4, 0.5) is 0 Å². The fourth-order valence-electron chi connectivity index (χ4n) is 2.33. The topological polar surface area (TPSA) is 20.2 Å². The van der Waals surface area contributed by atoms with Crippen molar-refractivity contribution in [1.29, 1.82) is 0 Å². The fourth-order valence-corrected chi connectivity index (χ4v) is 2.33. The Bertz CT molecular complexity index is 304. The predicted octanol–water partition coefficient (Wildman–Crippen LogP) is 4.25. The molecule has 1 nitrogen and oxygen atoms in total. The molecule has 0 bridgehead atoms. The third-order valence-corrected chi connectivity index (χ3v) is 3.06. The SMILES string of the molecule is CC.CCC1CCCc2cc(O)ccc21. The normalized spacial score (nSPS) is 18.7. The van der Waals surface area contributed by atoms with Gasteiger partial charge in [-0.05, 0) is 54.9 Å². The Morgan fingerprint density at radius 3 is 2.73 bits per heavy atom. The zero-order valence-corrected chi connectivity index (χ0v) is 10.1. The van der Waals surface area contributed by atoms with E-state index in [9.17, 15) is 5.11 Å². The third kappa shape index (κ3) is 2.74. The van der Waals surface area contributed by atoms with E-state index in [1.807, 2.05) is 26.0 Å². The number of phenolic OH excluding ortho intramolecular Hbond substituents is 1. The van der Waals surface area contributed by atoms with Gasteiger partial charge in [0.2, 0.25) is 0 Å². The van der Waals surface area contributed by atoms with Crippen LogP contribution in [-0.2, 0) is 6.42 Å². The minimum Gasteiger partial charge on any atom is -0.508 e. The standard InChI is InChI=1S/C12H16O.C2H6/c1-2-9-4-3-5-10-8-11(13)6-7-12(9)10;1-2/h6-9,13H,2-5H2,1H3;1-2H3. The fraction of sp³-hybridized carbons (Fsp3) is 0.571. The van der Waals surface area contributed by atoms with E-state index < -0.39 is 0 Å². The van der Waals surface area contributed by atoms with Crippen LogP contribution < -0.4 is 0 Å². The maximum Gasteiger partial charge on any atom is 0.115 e. The second-order valence-electron chi connectivity index (χ2n) is 3.88. The second kappa shape index (κ2) is 5.79. The maximum absolute atomic E-state index is 9.35. The van der Waals surface area contributed by atoms with Crippen molar-refractivity contribution in [3.63, 3.8) is 0 Å². The van der Waals surface area contributed by atoms with Gasteiger partial charge in [0.1, 0.15) is 5.75 Å². The molecule has 84 valence electrons. The van der Waals surface area contributed by atoms with Gasteiger partial charge in [0.25, 0.3) is 0 Å². The summed E-state index contributed by atoms with van der Waals surface area (Å²) in [5.74, 6) is 1.14. The summed E-state index contributed by atoms with van der Waals surface area (Å²) in [7, 11) is 0. The van der Waals surface area contributed by atoms with Crippen molar-refractivity contribution in [3.05, 3.63) is 29.3 Å². The molecule has 1 aliphatic rings. The maximum atomic E-state index is 9.35. The van der Waals surface area contributed by atoms with Gasteiger partial charge in [-0.25, -0.2) is 0 Å². The summed E-state index contributed by atoms with van der Waals surface area (Å²) in [6, 6.07) is 5.84. The Balaban J connectivity index is 0.000000531. The van der Waals surface area contributed by atoms with E-state index in [0.29, 0.717) is 5.75 Å². The molecule has 0 heterocycles. The van der Waals surface area contributed by atoms with E-state index in [0.717, 1.165) is 12.3 Å². The number of phenols is 1. The monoisotopic (exact) mass is 206 g/mol. The Morgan fingerprint density at radius 1 is 1.33 bits per heavy atom. The number of aryl methyl sites for hydroxylation is 1. The van der Waals surface area contributed by atoms with Gasteiger partial charge in [-0.2, -0.15) is 0 Å². The van der Waals surface area contributed by atoms with Gasteiger partial charge in [0.15, 0.2) is 0 Å². The molecule has 1 aromatic rings. The van der Waals surface area contributed by atoms with Crippen LogP contribution in [0.3, 0.4) is 0 Å². The molecule has 0 saturated carbocycles. The van der Waals surface area contributed by atoms with Crippen LogP contribution in [0.2, 0.25) is 0 Å². The van der Waals surface area contributed by atoms with Gasteiger partial charge < -0.3 is 5.11 Å². The lowest BCUT2D eigenvalue weighted by Crippen LogP contribution is -2.08. The summed E-state index contributed by atoms with van der Waals surface area (Å²) < 4.78 is 0. The lowest BCUT2D eigenvalue weighted by atomic mass is 9.81. The molecule has 0 fully saturated rings. The summed E-state index contributed by atoms with van der Waals surface area (Å²) in [4.78, 5) is 0. The van der Waals surface area contributed by atoms with Crippen LogP contribution in [0.5, 0.6) is 5.75 Å². The quantitative estimate of drug-likeness (QED) is 0.728. The summed E-state index contributed by atoms with van der Waals surface area (Å²) in [6.45, 7) is 6.24. The van der Waals surface area contributed by atoms with Crippen LogP contribution in [0.15, 0.2) is 18.2 Å². The molecular weight excluding hydrogens is 184 g/mol. The summed E-state index contributed by atoms with van der Waals surface area (Å²) in [6.07, 6.45) is 4.95. The molecule has 2 rings (SSSR count). The smallest absolute Gasteiger partial charge is 0.115 e. The molecule has 0 radical (unpaired) electrons. The first kappa shape index (κ1) is 12.1. The molecule has 0 saturated heterocycles. The molecule has 0 aromatic heterocycles. The molecule has 1 unspecified atom stereocenters. The number of hydrogen-bond acceptors (Lipinski definition) is 1. The Kier molecular flexibility index (Phi) is 4.67. The lowest BCUT2D eigenvalue weighted by molar-refractivity contribution is 0.470. The summed E-state index contributed by atoms with van der Waals surface area (Å²) in [5, 5.41) is 9.35. The number of aromatic hydroxyl groups is 1.